The van der Waals surface area contributed by atoms with Crippen molar-refractivity contribution in [3.05, 3.63) is 44.8 Å². The van der Waals surface area contributed by atoms with Crippen molar-refractivity contribution in [2.45, 2.75) is 32.4 Å². The van der Waals surface area contributed by atoms with E-state index in [-0.39, 0.29) is 0 Å². The van der Waals surface area contributed by atoms with Gasteiger partial charge in [-0.3, -0.25) is 0 Å². The second-order valence-corrected chi connectivity index (χ2v) is 7.04. The van der Waals surface area contributed by atoms with Crippen LogP contribution in [0, 0.1) is 5.92 Å². The highest BCUT2D eigenvalue weighted by molar-refractivity contribution is 9.10. The average molecular weight is 339 g/mol. The van der Waals surface area contributed by atoms with E-state index >= 15 is 0 Å². The molecule has 4 heteroatoms. The summed E-state index contributed by atoms with van der Waals surface area (Å²) in [6, 6.07) is 4.95. The summed E-state index contributed by atoms with van der Waals surface area (Å²) < 4.78 is 3.51. The van der Waals surface area contributed by atoms with Crippen molar-refractivity contribution in [2.75, 3.05) is 6.54 Å². The molecule has 0 radical (unpaired) electrons. The van der Waals surface area contributed by atoms with Gasteiger partial charge in [0.25, 0.3) is 0 Å². The van der Waals surface area contributed by atoms with E-state index in [4.69, 9.17) is 0 Å². The molecule has 2 heterocycles. The Morgan fingerprint density at radius 1 is 1.47 bits per heavy atom. The van der Waals surface area contributed by atoms with Crippen molar-refractivity contribution in [1.82, 2.24) is 9.88 Å². The third-order valence-corrected chi connectivity index (χ3v) is 5.58. The molecule has 2 aromatic heterocycles. The molecular weight excluding hydrogens is 320 g/mol. The number of hydrogen-bond donors (Lipinski definition) is 1. The molecule has 0 saturated heterocycles. The zero-order valence-corrected chi connectivity index (χ0v) is 13.5. The van der Waals surface area contributed by atoms with E-state index in [1.54, 1.807) is 0 Å². The fraction of sp³-hybridized carbons (Fsp3) is 0.467. The molecule has 0 amide bonds. The lowest BCUT2D eigenvalue weighted by molar-refractivity contribution is 0.495. The average Bonchev–Trinajstić information content (AvgIpc) is 3.01. The Bertz CT molecular complexity index is 542. The Kier molecular flexibility index (Phi) is 4.10. The Balaban J connectivity index is 1.73. The van der Waals surface area contributed by atoms with Gasteiger partial charge in [0.05, 0.1) is 6.54 Å². The van der Waals surface area contributed by atoms with Crippen LogP contribution >= 0.6 is 27.3 Å². The molecule has 2 aromatic rings. The number of aromatic nitrogens is 1. The summed E-state index contributed by atoms with van der Waals surface area (Å²) in [6.45, 7) is 4.19. The number of nitrogens with one attached hydrogen (secondary N) is 1. The quantitative estimate of drug-likeness (QED) is 0.824. The Morgan fingerprint density at radius 3 is 2.95 bits per heavy atom. The predicted molar refractivity (Wildman–Crippen MR) is 84.7 cm³/mol. The van der Waals surface area contributed by atoms with Crippen molar-refractivity contribution < 1.29 is 0 Å². The highest BCUT2D eigenvalue weighted by Gasteiger charge is 2.32. The van der Waals surface area contributed by atoms with Crippen LogP contribution in [0.4, 0.5) is 0 Å². The maximum Gasteiger partial charge on any atom is 0.0574 e. The summed E-state index contributed by atoms with van der Waals surface area (Å²) in [5.74, 6) is 0.851. The van der Waals surface area contributed by atoms with E-state index in [1.807, 2.05) is 11.3 Å². The monoisotopic (exact) mass is 338 g/mol. The molecule has 1 aliphatic carbocycles. The lowest BCUT2D eigenvalue weighted by Crippen LogP contribution is -2.22. The molecular formula is C15H19BrN2S. The van der Waals surface area contributed by atoms with Crippen LogP contribution in [0.1, 0.15) is 36.2 Å². The number of hydrogen-bond acceptors (Lipinski definition) is 2. The molecule has 0 spiro atoms. The van der Waals surface area contributed by atoms with Crippen LogP contribution in [0.5, 0.6) is 0 Å². The molecule has 0 bridgehead atoms. The van der Waals surface area contributed by atoms with Crippen LogP contribution in [0.2, 0.25) is 0 Å². The van der Waals surface area contributed by atoms with E-state index in [1.165, 1.54) is 27.8 Å². The molecule has 1 N–H and O–H groups in total. The van der Waals surface area contributed by atoms with Crippen molar-refractivity contribution in [1.29, 1.82) is 0 Å². The van der Waals surface area contributed by atoms with E-state index in [0.717, 1.165) is 19.0 Å². The Morgan fingerprint density at radius 2 is 2.32 bits per heavy atom. The molecule has 19 heavy (non-hydrogen) atoms. The van der Waals surface area contributed by atoms with Crippen molar-refractivity contribution >= 4 is 27.3 Å². The van der Waals surface area contributed by atoms with Gasteiger partial charge in [0.2, 0.25) is 0 Å². The Labute approximate surface area is 127 Å². The maximum atomic E-state index is 3.62. The second kappa shape index (κ2) is 5.81. The number of rotatable bonds is 6. The van der Waals surface area contributed by atoms with Gasteiger partial charge >= 0.3 is 0 Å². The standard InChI is InChI=1S/C15H19BrN2S/c1-2-17-15(11-3-4-11)12-5-7-18(9-12)10-14-13(16)6-8-19-14/h5-9,11,15,17H,2-4,10H2,1H3. The molecule has 102 valence electrons. The van der Waals surface area contributed by atoms with Crippen LogP contribution in [0.3, 0.4) is 0 Å². The SMILES string of the molecule is CCNC(c1ccn(Cc2sccc2Br)c1)C1CC1. The van der Waals surface area contributed by atoms with Crippen molar-refractivity contribution in [2.24, 2.45) is 5.92 Å². The van der Waals surface area contributed by atoms with Crippen LogP contribution in [0.25, 0.3) is 0 Å². The lowest BCUT2D eigenvalue weighted by Gasteiger charge is -2.15. The zero-order valence-electron chi connectivity index (χ0n) is 11.1. The molecule has 1 atom stereocenters. The summed E-state index contributed by atoms with van der Waals surface area (Å²) in [4.78, 5) is 1.38. The van der Waals surface area contributed by atoms with E-state index in [2.05, 4.69) is 62.6 Å². The topological polar surface area (TPSA) is 17.0 Å². The summed E-state index contributed by atoms with van der Waals surface area (Å²) in [6.07, 6.45) is 7.25. The van der Waals surface area contributed by atoms with Gasteiger partial charge in [0.1, 0.15) is 0 Å². The lowest BCUT2D eigenvalue weighted by atomic mass is 10.1. The minimum absolute atomic E-state index is 0.554. The van der Waals surface area contributed by atoms with Gasteiger partial charge in [-0.25, -0.2) is 0 Å². The first-order valence-corrected chi connectivity index (χ1v) is 8.56. The largest absolute Gasteiger partial charge is 0.349 e. The van der Waals surface area contributed by atoms with Gasteiger partial charge in [0, 0.05) is 27.8 Å². The molecule has 1 fully saturated rings. The number of nitrogens with zero attached hydrogens (tertiary/aromatic N) is 1. The minimum Gasteiger partial charge on any atom is -0.349 e. The third kappa shape index (κ3) is 3.12. The fourth-order valence-corrected chi connectivity index (χ4v) is 4.04. The maximum absolute atomic E-state index is 3.62. The first-order chi connectivity index (χ1) is 9.28. The molecule has 1 unspecified atom stereocenters. The van der Waals surface area contributed by atoms with Crippen molar-refractivity contribution in [3.8, 4) is 0 Å². The zero-order chi connectivity index (χ0) is 13.2. The molecule has 2 nitrogen and oxygen atoms in total. The van der Waals surface area contributed by atoms with Gasteiger partial charge in [0.15, 0.2) is 0 Å². The molecule has 0 aromatic carbocycles. The van der Waals surface area contributed by atoms with Crippen LogP contribution < -0.4 is 5.32 Å². The number of halogens is 1. The van der Waals surface area contributed by atoms with Gasteiger partial charge in [-0.05, 0) is 64.3 Å². The summed E-state index contributed by atoms with van der Waals surface area (Å²) >= 11 is 5.41. The van der Waals surface area contributed by atoms with Gasteiger partial charge in [-0.2, -0.15) is 0 Å². The molecule has 3 rings (SSSR count). The predicted octanol–water partition coefficient (Wildman–Crippen LogP) is 4.42. The minimum atomic E-state index is 0.554. The van der Waals surface area contributed by atoms with E-state index < -0.39 is 0 Å². The second-order valence-electron chi connectivity index (χ2n) is 5.18. The third-order valence-electron chi connectivity index (χ3n) is 3.67. The van der Waals surface area contributed by atoms with Crippen LogP contribution in [-0.2, 0) is 6.54 Å². The van der Waals surface area contributed by atoms with Gasteiger partial charge in [-0.15, -0.1) is 11.3 Å². The number of thiophene rings is 1. The molecule has 0 aliphatic heterocycles. The molecule has 1 saturated carbocycles. The van der Waals surface area contributed by atoms with Gasteiger partial charge < -0.3 is 9.88 Å². The summed E-state index contributed by atoms with van der Waals surface area (Å²) in [7, 11) is 0. The van der Waals surface area contributed by atoms with E-state index in [0.29, 0.717) is 6.04 Å². The molecule has 1 aliphatic rings. The first kappa shape index (κ1) is 13.4. The fourth-order valence-electron chi connectivity index (χ4n) is 2.55. The van der Waals surface area contributed by atoms with Gasteiger partial charge in [-0.1, -0.05) is 6.92 Å². The highest BCUT2D eigenvalue weighted by atomic mass is 79.9. The smallest absolute Gasteiger partial charge is 0.0574 e. The summed E-state index contributed by atoms with van der Waals surface area (Å²) in [5, 5.41) is 5.76. The van der Waals surface area contributed by atoms with Crippen molar-refractivity contribution in [3.63, 3.8) is 0 Å². The Hall–Kier alpha value is -0.580. The van der Waals surface area contributed by atoms with E-state index in [9.17, 15) is 0 Å². The summed E-state index contributed by atoms with van der Waals surface area (Å²) in [5.41, 5.74) is 1.44. The van der Waals surface area contributed by atoms with Crippen LogP contribution in [-0.4, -0.2) is 11.1 Å². The highest BCUT2D eigenvalue weighted by Crippen LogP contribution is 2.41. The van der Waals surface area contributed by atoms with Crippen LogP contribution in [0.15, 0.2) is 34.4 Å². The normalized spacial score (nSPS) is 16.7. The first-order valence-electron chi connectivity index (χ1n) is 6.89.